The fourth-order valence-electron chi connectivity index (χ4n) is 9.87. The fraction of sp³-hybridized carbons (Fsp3) is 1.00. The Bertz CT molecular complexity index is 702. The monoisotopic (exact) mass is 462 g/mol. The van der Waals surface area contributed by atoms with Gasteiger partial charge in [0.1, 0.15) is 0 Å². The van der Waals surface area contributed by atoms with Crippen LogP contribution in [0.3, 0.4) is 0 Å². The second-order valence-corrected chi connectivity index (χ2v) is 13.7. The van der Waals surface area contributed by atoms with E-state index in [9.17, 15) is 10.2 Å². The first-order valence-corrected chi connectivity index (χ1v) is 14.2. The van der Waals surface area contributed by atoms with Crippen molar-refractivity contribution in [2.24, 2.45) is 52.3 Å². The molecule has 33 heavy (non-hydrogen) atoms. The summed E-state index contributed by atoms with van der Waals surface area (Å²) < 4.78 is 12.2. The van der Waals surface area contributed by atoms with Crippen molar-refractivity contribution in [3.8, 4) is 0 Å². The zero-order valence-electron chi connectivity index (χ0n) is 21.9. The topological polar surface area (TPSA) is 58.9 Å². The van der Waals surface area contributed by atoms with E-state index in [0.717, 1.165) is 51.2 Å². The summed E-state index contributed by atoms with van der Waals surface area (Å²) >= 11 is 0. The normalized spacial score (nSPS) is 48.4. The van der Waals surface area contributed by atoms with Gasteiger partial charge in [0.25, 0.3) is 0 Å². The second-order valence-electron chi connectivity index (χ2n) is 13.7. The van der Waals surface area contributed by atoms with Crippen LogP contribution in [-0.2, 0) is 9.47 Å². The van der Waals surface area contributed by atoms with Crippen LogP contribution < -0.4 is 0 Å². The van der Waals surface area contributed by atoms with E-state index in [0.29, 0.717) is 46.3 Å². The summed E-state index contributed by atoms with van der Waals surface area (Å²) in [7, 11) is 0. The molecule has 5 rings (SSSR count). The molecule has 5 aliphatic rings. The lowest BCUT2D eigenvalue weighted by Crippen LogP contribution is -2.60. The van der Waals surface area contributed by atoms with Crippen molar-refractivity contribution in [2.45, 2.75) is 117 Å². The van der Waals surface area contributed by atoms with Crippen LogP contribution in [0.2, 0.25) is 0 Å². The van der Waals surface area contributed by atoms with Gasteiger partial charge in [-0.1, -0.05) is 34.6 Å². The number of fused-ring (bicyclic) bond motifs is 5. The van der Waals surface area contributed by atoms with E-state index >= 15 is 0 Å². The molecule has 0 amide bonds. The van der Waals surface area contributed by atoms with Crippen molar-refractivity contribution in [3.05, 3.63) is 0 Å². The van der Waals surface area contributed by atoms with E-state index in [4.69, 9.17) is 9.47 Å². The van der Waals surface area contributed by atoms with Crippen molar-refractivity contribution >= 4 is 0 Å². The van der Waals surface area contributed by atoms with Gasteiger partial charge >= 0.3 is 0 Å². The zero-order chi connectivity index (χ0) is 23.6. The zero-order valence-corrected chi connectivity index (χ0v) is 21.9. The molecule has 4 heteroatoms. The Kier molecular flexibility index (Phi) is 6.50. The first kappa shape index (κ1) is 24.5. The second kappa shape index (κ2) is 8.75. The number of aliphatic hydroxyl groups is 2. The molecule has 1 aliphatic heterocycles. The summed E-state index contributed by atoms with van der Waals surface area (Å²) in [5.74, 6) is 3.65. The van der Waals surface area contributed by atoms with Crippen LogP contribution >= 0.6 is 0 Å². The molecule has 4 saturated carbocycles. The van der Waals surface area contributed by atoms with E-state index in [1.807, 2.05) is 0 Å². The maximum atomic E-state index is 11.6. The Morgan fingerprint density at radius 1 is 0.879 bits per heavy atom. The Balaban J connectivity index is 1.31. The minimum absolute atomic E-state index is 0.173. The molecule has 0 bridgehead atoms. The fourth-order valence-corrected chi connectivity index (χ4v) is 9.87. The maximum Gasteiger partial charge on any atom is 0.168 e. The van der Waals surface area contributed by atoms with Crippen molar-refractivity contribution in [3.63, 3.8) is 0 Å². The van der Waals surface area contributed by atoms with Gasteiger partial charge in [0.05, 0.1) is 25.4 Å². The van der Waals surface area contributed by atoms with Crippen molar-refractivity contribution in [2.75, 3.05) is 13.2 Å². The smallest absolute Gasteiger partial charge is 0.168 e. The molecule has 1 spiro atoms. The molecule has 2 N–H and O–H groups in total. The summed E-state index contributed by atoms with van der Waals surface area (Å²) in [6, 6.07) is 0. The van der Waals surface area contributed by atoms with Gasteiger partial charge in [0, 0.05) is 12.8 Å². The number of hydrogen-bond donors (Lipinski definition) is 2. The average molecular weight is 463 g/mol. The number of hydrogen-bond acceptors (Lipinski definition) is 4. The highest BCUT2D eigenvalue weighted by Crippen LogP contribution is 2.69. The lowest BCUT2D eigenvalue weighted by atomic mass is 9.43. The minimum atomic E-state index is -0.353. The van der Waals surface area contributed by atoms with Crippen LogP contribution in [0.1, 0.15) is 98.8 Å². The molecule has 1 heterocycles. The van der Waals surface area contributed by atoms with Gasteiger partial charge in [0.2, 0.25) is 0 Å². The van der Waals surface area contributed by atoms with Crippen LogP contribution in [0.15, 0.2) is 0 Å². The Hall–Kier alpha value is -0.160. The standard InChI is InChI=1S/C29H50O4/c1-18(2)24(30)9-6-19(3)21-7-8-22-26-23(10-11-28(21,22)5)27(4)12-13-29(32-14-15-33-29)17-20(27)16-25(26)31/h18-26,30-31H,6-17H2,1-5H3/t19-,20+,21-,22?,23?,24-,25-,26?,27+,28-/m1/s1. The first-order valence-electron chi connectivity index (χ1n) is 14.2. The highest BCUT2D eigenvalue weighted by Gasteiger charge is 2.64. The lowest BCUT2D eigenvalue weighted by Gasteiger charge is -2.63. The molecule has 3 unspecified atom stereocenters. The molecule has 0 aromatic carbocycles. The molecule has 10 atom stereocenters. The summed E-state index contributed by atoms with van der Waals surface area (Å²) in [5, 5.41) is 22.0. The van der Waals surface area contributed by atoms with Crippen LogP contribution in [0, 0.1) is 52.3 Å². The Morgan fingerprint density at radius 2 is 1.58 bits per heavy atom. The number of ether oxygens (including phenoxy) is 2. The molecular weight excluding hydrogens is 412 g/mol. The van der Waals surface area contributed by atoms with Gasteiger partial charge in [-0.05, 0) is 104 Å². The molecule has 0 radical (unpaired) electrons. The van der Waals surface area contributed by atoms with Gasteiger partial charge in [-0.3, -0.25) is 0 Å². The van der Waals surface area contributed by atoms with Crippen LogP contribution in [0.25, 0.3) is 0 Å². The molecule has 1 saturated heterocycles. The number of rotatable bonds is 5. The van der Waals surface area contributed by atoms with Crippen LogP contribution in [0.5, 0.6) is 0 Å². The third-order valence-corrected chi connectivity index (χ3v) is 11.9. The largest absolute Gasteiger partial charge is 0.393 e. The van der Waals surface area contributed by atoms with E-state index in [2.05, 4.69) is 34.6 Å². The van der Waals surface area contributed by atoms with E-state index in [-0.39, 0.29) is 18.0 Å². The predicted molar refractivity (Wildman–Crippen MR) is 130 cm³/mol. The molecule has 190 valence electrons. The van der Waals surface area contributed by atoms with Crippen LogP contribution in [0.4, 0.5) is 0 Å². The average Bonchev–Trinajstić information content (AvgIpc) is 3.37. The van der Waals surface area contributed by atoms with Gasteiger partial charge in [-0.15, -0.1) is 0 Å². The first-order chi connectivity index (χ1) is 15.6. The van der Waals surface area contributed by atoms with E-state index in [1.54, 1.807) is 0 Å². The Morgan fingerprint density at radius 3 is 2.27 bits per heavy atom. The molecular formula is C29H50O4. The van der Waals surface area contributed by atoms with Gasteiger partial charge < -0.3 is 19.7 Å². The van der Waals surface area contributed by atoms with Crippen molar-refractivity contribution in [1.82, 2.24) is 0 Å². The summed E-state index contributed by atoms with van der Waals surface area (Å²) in [5.41, 5.74) is 0.665. The van der Waals surface area contributed by atoms with Gasteiger partial charge in [0.15, 0.2) is 5.79 Å². The van der Waals surface area contributed by atoms with Gasteiger partial charge in [-0.25, -0.2) is 0 Å². The quantitative estimate of drug-likeness (QED) is 0.543. The highest BCUT2D eigenvalue weighted by molar-refractivity contribution is 5.12. The molecule has 0 aromatic heterocycles. The third-order valence-electron chi connectivity index (χ3n) is 11.9. The van der Waals surface area contributed by atoms with E-state index in [1.165, 1.54) is 32.1 Å². The molecule has 5 fully saturated rings. The predicted octanol–water partition coefficient (Wildman–Crippen LogP) is 5.79. The van der Waals surface area contributed by atoms with Gasteiger partial charge in [-0.2, -0.15) is 0 Å². The molecule has 4 aliphatic carbocycles. The minimum Gasteiger partial charge on any atom is -0.393 e. The Labute approximate surface area is 202 Å². The van der Waals surface area contributed by atoms with Crippen molar-refractivity contribution < 1.29 is 19.7 Å². The van der Waals surface area contributed by atoms with Crippen LogP contribution in [-0.4, -0.2) is 41.4 Å². The van der Waals surface area contributed by atoms with Crippen molar-refractivity contribution in [1.29, 1.82) is 0 Å². The molecule has 4 nitrogen and oxygen atoms in total. The summed E-state index contributed by atoms with van der Waals surface area (Å²) in [4.78, 5) is 0. The lowest BCUT2D eigenvalue weighted by molar-refractivity contribution is -0.243. The molecule has 0 aromatic rings. The van der Waals surface area contributed by atoms with E-state index < -0.39 is 0 Å². The number of aliphatic hydroxyl groups excluding tert-OH is 2. The maximum absolute atomic E-state index is 11.6. The SMILES string of the molecule is CC(C)[C@H](O)CC[C@@H](C)[C@H]1CCC2C3C(CC[C@@]21C)[C@@]1(C)CCC2(C[C@@H]1C[C@H]3O)OCCO2. The third kappa shape index (κ3) is 3.94. The summed E-state index contributed by atoms with van der Waals surface area (Å²) in [6.45, 7) is 13.3. The summed E-state index contributed by atoms with van der Waals surface area (Å²) in [6.07, 6.45) is 11.0. The highest BCUT2D eigenvalue weighted by atomic mass is 16.7.